The Balaban J connectivity index is 2.66. The molecule has 7 heteroatoms. The molecule has 0 saturated carbocycles. The van der Waals surface area contributed by atoms with Gasteiger partial charge in [0.05, 0.1) is 11.5 Å². The number of sulfonamides is 1. The summed E-state index contributed by atoms with van der Waals surface area (Å²) in [6.07, 6.45) is 0.256. The van der Waals surface area contributed by atoms with Gasteiger partial charge in [0.25, 0.3) is 10.0 Å². The van der Waals surface area contributed by atoms with Gasteiger partial charge in [-0.3, -0.25) is 10.2 Å². The van der Waals surface area contributed by atoms with E-state index in [1.54, 1.807) is 12.1 Å². The van der Waals surface area contributed by atoms with Crippen LogP contribution in [0.25, 0.3) is 0 Å². The number of amides is 1. The van der Waals surface area contributed by atoms with Crippen molar-refractivity contribution >= 4 is 15.9 Å². The maximum atomic E-state index is 11.9. The molecule has 0 saturated heterocycles. The van der Waals surface area contributed by atoms with E-state index in [1.807, 2.05) is 20.8 Å². The fourth-order valence-corrected chi connectivity index (χ4v) is 2.35. The third-order valence-corrected chi connectivity index (χ3v) is 3.63. The molecular formula is C13H20N2O4S. The normalized spacial score (nSPS) is 11.4. The van der Waals surface area contributed by atoms with Gasteiger partial charge in [0.15, 0.2) is 0 Å². The molecule has 0 aliphatic carbocycles. The number of carbonyl (C=O) groups excluding carboxylic acids is 1. The van der Waals surface area contributed by atoms with Gasteiger partial charge in [0, 0.05) is 6.42 Å². The molecule has 0 heterocycles. The molecule has 0 atom stereocenters. The minimum atomic E-state index is -3.76. The molecule has 112 valence electrons. The van der Waals surface area contributed by atoms with Gasteiger partial charge in [-0.15, -0.1) is 4.83 Å². The zero-order chi connectivity index (χ0) is 15.2. The Morgan fingerprint density at radius 1 is 1.25 bits per heavy atom. The predicted molar refractivity (Wildman–Crippen MR) is 75.5 cm³/mol. The molecule has 0 fully saturated rings. The highest BCUT2D eigenvalue weighted by molar-refractivity contribution is 7.89. The van der Waals surface area contributed by atoms with Crippen LogP contribution in [0.5, 0.6) is 5.75 Å². The highest BCUT2D eigenvalue weighted by Crippen LogP contribution is 2.15. The first-order valence-corrected chi connectivity index (χ1v) is 7.87. The van der Waals surface area contributed by atoms with E-state index in [9.17, 15) is 13.2 Å². The van der Waals surface area contributed by atoms with Crippen molar-refractivity contribution in [2.75, 3.05) is 6.61 Å². The molecule has 0 radical (unpaired) electrons. The van der Waals surface area contributed by atoms with Crippen LogP contribution in [0.4, 0.5) is 0 Å². The van der Waals surface area contributed by atoms with E-state index in [1.165, 1.54) is 12.1 Å². The summed E-state index contributed by atoms with van der Waals surface area (Å²) >= 11 is 0. The van der Waals surface area contributed by atoms with E-state index in [4.69, 9.17) is 4.74 Å². The number of hydrogen-bond donors (Lipinski definition) is 2. The van der Waals surface area contributed by atoms with Crippen LogP contribution in [0.2, 0.25) is 0 Å². The SMILES string of the molecule is CCOc1ccc(S(=O)(=O)NNC(=O)CC(C)C)cc1. The van der Waals surface area contributed by atoms with E-state index in [0.29, 0.717) is 12.4 Å². The number of benzene rings is 1. The number of hydrogen-bond acceptors (Lipinski definition) is 4. The van der Waals surface area contributed by atoms with Gasteiger partial charge in [-0.25, -0.2) is 8.42 Å². The fourth-order valence-electron chi connectivity index (χ4n) is 1.49. The van der Waals surface area contributed by atoms with Crippen molar-refractivity contribution in [3.8, 4) is 5.75 Å². The van der Waals surface area contributed by atoms with Gasteiger partial charge < -0.3 is 4.74 Å². The van der Waals surface area contributed by atoms with Crippen LogP contribution in [0.3, 0.4) is 0 Å². The summed E-state index contributed by atoms with van der Waals surface area (Å²) in [4.78, 5) is 13.5. The number of nitrogens with one attached hydrogen (secondary N) is 2. The van der Waals surface area contributed by atoms with Crippen molar-refractivity contribution in [1.82, 2.24) is 10.3 Å². The lowest BCUT2D eigenvalue weighted by atomic mass is 10.1. The van der Waals surface area contributed by atoms with Gasteiger partial charge in [-0.2, -0.15) is 0 Å². The van der Waals surface area contributed by atoms with Gasteiger partial charge >= 0.3 is 0 Å². The van der Waals surface area contributed by atoms with E-state index in [-0.39, 0.29) is 23.1 Å². The van der Waals surface area contributed by atoms with Gasteiger partial charge in [-0.1, -0.05) is 13.8 Å². The van der Waals surface area contributed by atoms with Crippen LogP contribution in [-0.4, -0.2) is 20.9 Å². The Bertz CT molecular complexity index is 538. The molecule has 0 unspecified atom stereocenters. The van der Waals surface area contributed by atoms with Crippen molar-refractivity contribution in [3.63, 3.8) is 0 Å². The Kier molecular flexibility index (Phi) is 5.97. The van der Waals surface area contributed by atoms with E-state index >= 15 is 0 Å². The summed E-state index contributed by atoms with van der Waals surface area (Å²) in [7, 11) is -3.76. The molecule has 20 heavy (non-hydrogen) atoms. The number of hydrazine groups is 1. The van der Waals surface area contributed by atoms with Crippen LogP contribution < -0.4 is 15.0 Å². The Labute approximate surface area is 119 Å². The summed E-state index contributed by atoms with van der Waals surface area (Å²) in [5, 5.41) is 0. The molecule has 0 bridgehead atoms. The molecule has 1 amide bonds. The van der Waals surface area contributed by atoms with Crippen LogP contribution in [0.15, 0.2) is 29.2 Å². The van der Waals surface area contributed by atoms with Crippen molar-refractivity contribution in [2.24, 2.45) is 5.92 Å². The molecular weight excluding hydrogens is 280 g/mol. The zero-order valence-corrected chi connectivity index (χ0v) is 12.7. The van der Waals surface area contributed by atoms with Crippen LogP contribution >= 0.6 is 0 Å². The van der Waals surface area contributed by atoms with Crippen molar-refractivity contribution in [3.05, 3.63) is 24.3 Å². The summed E-state index contributed by atoms with van der Waals surface area (Å²) in [6, 6.07) is 5.96. The van der Waals surface area contributed by atoms with Crippen LogP contribution in [-0.2, 0) is 14.8 Å². The lowest BCUT2D eigenvalue weighted by Gasteiger charge is -2.10. The third kappa shape index (κ3) is 5.18. The summed E-state index contributed by atoms with van der Waals surface area (Å²) in [5.74, 6) is 0.384. The average molecular weight is 300 g/mol. The van der Waals surface area contributed by atoms with Crippen LogP contribution in [0, 0.1) is 5.92 Å². The molecule has 0 spiro atoms. The largest absolute Gasteiger partial charge is 0.494 e. The Hall–Kier alpha value is -1.60. The second kappa shape index (κ2) is 7.25. The number of rotatable bonds is 7. The fraction of sp³-hybridized carbons (Fsp3) is 0.462. The maximum absolute atomic E-state index is 11.9. The van der Waals surface area contributed by atoms with E-state index < -0.39 is 10.0 Å². The second-order valence-corrected chi connectivity index (χ2v) is 6.34. The first-order chi connectivity index (χ1) is 9.35. The topological polar surface area (TPSA) is 84.5 Å². The molecule has 0 aliphatic heterocycles. The second-order valence-electron chi connectivity index (χ2n) is 4.66. The first-order valence-electron chi connectivity index (χ1n) is 6.38. The molecule has 1 aromatic rings. The third-order valence-electron chi connectivity index (χ3n) is 2.36. The number of ether oxygens (including phenoxy) is 1. The highest BCUT2D eigenvalue weighted by atomic mass is 32.2. The van der Waals surface area contributed by atoms with E-state index in [0.717, 1.165) is 0 Å². The van der Waals surface area contributed by atoms with Crippen molar-refractivity contribution < 1.29 is 17.9 Å². The molecule has 0 aromatic heterocycles. The molecule has 1 rings (SSSR count). The molecule has 6 nitrogen and oxygen atoms in total. The highest BCUT2D eigenvalue weighted by Gasteiger charge is 2.15. The van der Waals surface area contributed by atoms with Gasteiger partial charge in [0.2, 0.25) is 5.91 Å². The first kappa shape index (κ1) is 16.5. The van der Waals surface area contributed by atoms with Crippen molar-refractivity contribution in [1.29, 1.82) is 0 Å². The molecule has 2 N–H and O–H groups in total. The smallest absolute Gasteiger partial charge is 0.257 e. The standard InChI is InChI=1S/C13H20N2O4S/c1-4-19-11-5-7-12(8-6-11)20(17,18)15-14-13(16)9-10(2)3/h5-8,10,15H,4,9H2,1-3H3,(H,14,16). The molecule has 0 aliphatic rings. The lowest BCUT2D eigenvalue weighted by Crippen LogP contribution is -2.41. The van der Waals surface area contributed by atoms with Crippen molar-refractivity contribution in [2.45, 2.75) is 32.1 Å². The number of carbonyl (C=O) groups is 1. The van der Waals surface area contributed by atoms with E-state index in [2.05, 4.69) is 10.3 Å². The van der Waals surface area contributed by atoms with Gasteiger partial charge in [-0.05, 0) is 37.1 Å². The summed E-state index contributed by atoms with van der Waals surface area (Å²) in [5.41, 5.74) is 2.18. The predicted octanol–water partition coefficient (Wildman–Crippen LogP) is 1.44. The minimum absolute atomic E-state index is 0.0609. The minimum Gasteiger partial charge on any atom is -0.494 e. The lowest BCUT2D eigenvalue weighted by molar-refractivity contribution is -0.122. The van der Waals surface area contributed by atoms with Gasteiger partial charge in [0.1, 0.15) is 5.75 Å². The average Bonchev–Trinajstić information content (AvgIpc) is 2.37. The maximum Gasteiger partial charge on any atom is 0.257 e. The Morgan fingerprint density at radius 2 is 1.85 bits per heavy atom. The Morgan fingerprint density at radius 3 is 2.35 bits per heavy atom. The zero-order valence-electron chi connectivity index (χ0n) is 11.8. The molecule has 1 aromatic carbocycles. The monoisotopic (exact) mass is 300 g/mol. The quantitative estimate of drug-likeness (QED) is 0.746. The summed E-state index contributed by atoms with van der Waals surface area (Å²) < 4.78 is 29.1. The summed E-state index contributed by atoms with van der Waals surface area (Å²) in [6.45, 7) is 6.10. The van der Waals surface area contributed by atoms with Crippen LogP contribution in [0.1, 0.15) is 27.2 Å².